The summed E-state index contributed by atoms with van der Waals surface area (Å²) in [6.07, 6.45) is 2.78. The van der Waals surface area contributed by atoms with Crippen LogP contribution >= 0.6 is 11.6 Å². The molecule has 0 aliphatic rings. The number of methoxy groups -OCH3 is 1. The van der Waals surface area contributed by atoms with E-state index >= 15 is 0 Å². The van der Waals surface area contributed by atoms with Gasteiger partial charge in [0, 0.05) is 17.8 Å². The molecular formula is C13H8ClN5O3. The van der Waals surface area contributed by atoms with Gasteiger partial charge in [-0.3, -0.25) is 10.1 Å². The van der Waals surface area contributed by atoms with Crippen LogP contribution in [0.25, 0.3) is 22.3 Å². The van der Waals surface area contributed by atoms with E-state index in [-0.39, 0.29) is 16.7 Å². The summed E-state index contributed by atoms with van der Waals surface area (Å²) >= 11 is 5.99. The fourth-order valence-electron chi connectivity index (χ4n) is 1.94. The summed E-state index contributed by atoms with van der Waals surface area (Å²) in [4.78, 5) is 26.7. The maximum atomic E-state index is 11.1. The van der Waals surface area contributed by atoms with Crippen molar-refractivity contribution in [1.29, 1.82) is 0 Å². The Balaban J connectivity index is 2.17. The molecule has 0 radical (unpaired) electrons. The van der Waals surface area contributed by atoms with E-state index in [9.17, 15) is 10.1 Å². The summed E-state index contributed by atoms with van der Waals surface area (Å²) < 4.78 is 4.87. The smallest absolute Gasteiger partial charge is 0.331 e. The molecule has 0 fully saturated rings. The van der Waals surface area contributed by atoms with Crippen LogP contribution in [0.3, 0.4) is 0 Å². The van der Waals surface area contributed by atoms with Gasteiger partial charge in [-0.1, -0.05) is 11.6 Å². The molecule has 0 saturated heterocycles. The molecule has 3 heterocycles. The van der Waals surface area contributed by atoms with Crippen molar-refractivity contribution in [2.45, 2.75) is 0 Å². The van der Waals surface area contributed by atoms with Crippen molar-refractivity contribution in [2.24, 2.45) is 0 Å². The molecule has 0 aromatic carbocycles. The molecule has 0 aliphatic carbocycles. The standard InChI is InChI=1S/C13H8ClN5O3/c1-22-13-10(19(20)21)4-7(5-15-13)8-2-3-9-11(18-8)12(14)17-6-16-9/h2-6H,1H3. The van der Waals surface area contributed by atoms with Gasteiger partial charge in [-0.15, -0.1) is 0 Å². The van der Waals surface area contributed by atoms with Gasteiger partial charge < -0.3 is 4.74 Å². The third-order valence-corrected chi connectivity index (χ3v) is 3.23. The second kappa shape index (κ2) is 5.49. The lowest BCUT2D eigenvalue weighted by molar-refractivity contribution is -0.386. The quantitative estimate of drug-likeness (QED) is 0.415. The van der Waals surface area contributed by atoms with Crippen LogP contribution in [-0.4, -0.2) is 32.0 Å². The number of fused-ring (bicyclic) bond motifs is 1. The van der Waals surface area contributed by atoms with E-state index in [0.717, 1.165) is 0 Å². The van der Waals surface area contributed by atoms with Crippen molar-refractivity contribution >= 4 is 28.3 Å². The van der Waals surface area contributed by atoms with E-state index in [4.69, 9.17) is 16.3 Å². The van der Waals surface area contributed by atoms with Gasteiger partial charge in [0.25, 0.3) is 5.88 Å². The first-order valence-corrected chi connectivity index (χ1v) is 6.44. The van der Waals surface area contributed by atoms with E-state index < -0.39 is 4.92 Å². The van der Waals surface area contributed by atoms with Crippen LogP contribution in [0.4, 0.5) is 5.69 Å². The number of hydrogen-bond donors (Lipinski definition) is 0. The number of halogens is 1. The molecule has 9 heteroatoms. The molecule has 0 bridgehead atoms. The molecule has 0 atom stereocenters. The molecule has 0 spiro atoms. The maximum Gasteiger partial charge on any atom is 0.331 e. The largest absolute Gasteiger partial charge is 0.476 e. The lowest BCUT2D eigenvalue weighted by atomic mass is 10.1. The zero-order chi connectivity index (χ0) is 15.7. The molecule has 0 unspecified atom stereocenters. The number of nitro groups is 1. The van der Waals surface area contributed by atoms with E-state index in [1.54, 1.807) is 12.1 Å². The van der Waals surface area contributed by atoms with Crippen molar-refractivity contribution in [3.05, 3.63) is 46.0 Å². The van der Waals surface area contributed by atoms with E-state index in [1.165, 1.54) is 25.7 Å². The average molecular weight is 318 g/mol. The minimum Gasteiger partial charge on any atom is -0.476 e. The van der Waals surface area contributed by atoms with Crippen LogP contribution in [0.5, 0.6) is 5.88 Å². The summed E-state index contributed by atoms with van der Waals surface area (Å²) in [5, 5.41) is 11.3. The SMILES string of the molecule is COc1ncc(-c2ccc3ncnc(Cl)c3n2)cc1[N+](=O)[O-]. The Labute approximate surface area is 128 Å². The highest BCUT2D eigenvalue weighted by Crippen LogP contribution is 2.30. The molecule has 3 aromatic heterocycles. The first-order valence-electron chi connectivity index (χ1n) is 6.06. The minimum atomic E-state index is -0.563. The number of rotatable bonds is 3. The van der Waals surface area contributed by atoms with Crippen molar-refractivity contribution in [2.75, 3.05) is 7.11 Å². The predicted molar refractivity (Wildman–Crippen MR) is 78.8 cm³/mol. The number of hydrogen-bond acceptors (Lipinski definition) is 7. The molecule has 3 aromatic rings. The number of aromatic nitrogens is 4. The maximum absolute atomic E-state index is 11.1. The summed E-state index contributed by atoms with van der Waals surface area (Å²) in [6, 6.07) is 4.73. The molecule has 0 N–H and O–H groups in total. The normalized spacial score (nSPS) is 10.6. The van der Waals surface area contributed by atoms with Crippen molar-refractivity contribution in [3.8, 4) is 17.1 Å². The number of nitrogens with zero attached hydrogens (tertiary/aromatic N) is 5. The second-order valence-electron chi connectivity index (χ2n) is 4.24. The molecule has 0 amide bonds. The summed E-state index contributed by atoms with van der Waals surface area (Å²) in [6.45, 7) is 0. The highest BCUT2D eigenvalue weighted by atomic mass is 35.5. The third-order valence-electron chi connectivity index (χ3n) is 2.96. The van der Waals surface area contributed by atoms with Crippen molar-refractivity contribution in [3.63, 3.8) is 0 Å². The first kappa shape index (κ1) is 14.1. The Kier molecular flexibility index (Phi) is 3.51. The van der Waals surface area contributed by atoms with Gasteiger partial charge in [0.15, 0.2) is 5.15 Å². The van der Waals surface area contributed by atoms with E-state index in [2.05, 4.69) is 19.9 Å². The van der Waals surface area contributed by atoms with Crippen LogP contribution in [-0.2, 0) is 0 Å². The van der Waals surface area contributed by atoms with Gasteiger partial charge in [-0.2, -0.15) is 0 Å². The van der Waals surface area contributed by atoms with Crippen LogP contribution in [0.1, 0.15) is 0 Å². The van der Waals surface area contributed by atoms with Crippen LogP contribution in [0.2, 0.25) is 5.15 Å². The van der Waals surface area contributed by atoms with E-state index in [1.807, 2.05) is 0 Å². The fourth-order valence-corrected chi connectivity index (χ4v) is 2.12. The van der Waals surface area contributed by atoms with Gasteiger partial charge >= 0.3 is 5.69 Å². The van der Waals surface area contributed by atoms with Crippen LogP contribution in [0, 0.1) is 10.1 Å². The van der Waals surface area contributed by atoms with Crippen LogP contribution in [0.15, 0.2) is 30.7 Å². The number of ether oxygens (including phenoxy) is 1. The molecule has 8 nitrogen and oxygen atoms in total. The van der Waals surface area contributed by atoms with Crippen molar-refractivity contribution in [1.82, 2.24) is 19.9 Å². The number of pyridine rings is 2. The summed E-state index contributed by atoms with van der Waals surface area (Å²) in [7, 11) is 1.32. The van der Waals surface area contributed by atoms with Crippen LogP contribution < -0.4 is 4.74 Å². The zero-order valence-electron chi connectivity index (χ0n) is 11.2. The molecule has 3 rings (SSSR count). The Morgan fingerprint density at radius 3 is 2.82 bits per heavy atom. The summed E-state index contributed by atoms with van der Waals surface area (Å²) in [5.74, 6) is -0.0593. The highest BCUT2D eigenvalue weighted by molar-refractivity contribution is 6.33. The zero-order valence-corrected chi connectivity index (χ0v) is 12.0. The average Bonchev–Trinajstić information content (AvgIpc) is 2.54. The lowest BCUT2D eigenvalue weighted by Crippen LogP contribution is -1.97. The fraction of sp³-hybridized carbons (Fsp3) is 0.0769. The molecule has 22 heavy (non-hydrogen) atoms. The second-order valence-corrected chi connectivity index (χ2v) is 4.60. The third kappa shape index (κ3) is 2.40. The molecule has 0 saturated carbocycles. The minimum absolute atomic E-state index is 0.0593. The van der Waals surface area contributed by atoms with Gasteiger partial charge in [0.05, 0.1) is 23.2 Å². The van der Waals surface area contributed by atoms with E-state index in [0.29, 0.717) is 22.3 Å². The molecule has 0 aliphatic heterocycles. The Morgan fingerprint density at radius 2 is 2.09 bits per heavy atom. The molecule has 110 valence electrons. The first-order chi connectivity index (χ1) is 10.6. The van der Waals surface area contributed by atoms with Gasteiger partial charge in [0.1, 0.15) is 11.8 Å². The van der Waals surface area contributed by atoms with Gasteiger partial charge in [-0.25, -0.2) is 19.9 Å². The van der Waals surface area contributed by atoms with Gasteiger partial charge in [-0.05, 0) is 12.1 Å². The Bertz CT molecular complexity index is 887. The lowest BCUT2D eigenvalue weighted by Gasteiger charge is -2.05. The van der Waals surface area contributed by atoms with Crippen molar-refractivity contribution < 1.29 is 9.66 Å². The Morgan fingerprint density at radius 1 is 1.27 bits per heavy atom. The predicted octanol–water partition coefficient (Wildman–Crippen LogP) is 2.66. The Hall–Kier alpha value is -2.87. The highest BCUT2D eigenvalue weighted by Gasteiger charge is 2.18. The molecular weight excluding hydrogens is 310 g/mol. The topological polar surface area (TPSA) is 104 Å². The monoisotopic (exact) mass is 317 g/mol. The van der Waals surface area contributed by atoms with Gasteiger partial charge in [0.2, 0.25) is 0 Å². The summed E-state index contributed by atoms with van der Waals surface area (Å²) in [5.41, 5.74) is 1.70.